The van der Waals surface area contributed by atoms with E-state index < -0.39 is 0 Å². The van der Waals surface area contributed by atoms with E-state index in [2.05, 4.69) is 28.6 Å². The lowest BCUT2D eigenvalue weighted by Gasteiger charge is -2.23. The average molecular weight is 250 g/mol. The Labute approximate surface area is 106 Å². The van der Waals surface area contributed by atoms with Crippen LogP contribution in [0.4, 0.5) is 0 Å². The van der Waals surface area contributed by atoms with Crippen LogP contribution < -0.4 is 5.32 Å². The molecule has 0 spiro atoms. The number of aromatic nitrogens is 2. The number of piperidine rings is 1. The second-order valence-electron chi connectivity index (χ2n) is 4.72. The van der Waals surface area contributed by atoms with Gasteiger partial charge < -0.3 is 5.32 Å². The van der Waals surface area contributed by atoms with E-state index in [1.54, 1.807) is 0 Å². The van der Waals surface area contributed by atoms with Gasteiger partial charge in [-0.2, -0.15) is 5.10 Å². The fraction of sp³-hybridized carbons (Fsp3) is 0.462. The van der Waals surface area contributed by atoms with E-state index in [1.807, 2.05) is 11.7 Å². The molecule has 4 heteroatoms. The predicted octanol–water partition coefficient (Wildman–Crippen LogP) is 2.69. The van der Waals surface area contributed by atoms with Gasteiger partial charge in [-0.05, 0) is 49.5 Å². The van der Waals surface area contributed by atoms with Crippen molar-refractivity contribution in [1.82, 2.24) is 15.1 Å². The molecule has 1 N–H and O–H groups in total. The molecule has 1 aliphatic heterocycles. The summed E-state index contributed by atoms with van der Waals surface area (Å²) in [6.07, 6.45) is 2.42. The van der Waals surface area contributed by atoms with E-state index in [4.69, 9.17) is 11.6 Å². The summed E-state index contributed by atoms with van der Waals surface area (Å²) in [6.45, 7) is 2.23. The minimum Gasteiger partial charge on any atom is -0.317 e. The lowest BCUT2D eigenvalue weighted by Crippen LogP contribution is -2.26. The van der Waals surface area contributed by atoms with Crippen LogP contribution in [-0.4, -0.2) is 22.9 Å². The Bertz CT molecular complexity index is 541. The second kappa shape index (κ2) is 4.31. The number of nitrogens with zero attached hydrogens (tertiary/aromatic N) is 2. The van der Waals surface area contributed by atoms with Gasteiger partial charge in [0.15, 0.2) is 5.15 Å². The van der Waals surface area contributed by atoms with E-state index in [0.29, 0.717) is 11.1 Å². The summed E-state index contributed by atoms with van der Waals surface area (Å²) in [5.74, 6) is 0.664. The smallest absolute Gasteiger partial charge is 0.158 e. The predicted molar refractivity (Wildman–Crippen MR) is 70.6 cm³/mol. The van der Waals surface area contributed by atoms with Gasteiger partial charge in [-0.25, -0.2) is 0 Å². The topological polar surface area (TPSA) is 29.9 Å². The molecule has 3 nitrogen and oxygen atoms in total. The van der Waals surface area contributed by atoms with Gasteiger partial charge in [0.1, 0.15) is 0 Å². The van der Waals surface area contributed by atoms with E-state index in [-0.39, 0.29) is 0 Å². The van der Waals surface area contributed by atoms with Crippen LogP contribution in [0.15, 0.2) is 18.2 Å². The van der Waals surface area contributed by atoms with Crippen LogP contribution in [-0.2, 0) is 7.05 Å². The molecule has 1 saturated heterocycles. The Kier molecular flexibility index (Phi) is 2.81. The monoisotopic (exact) mass is 249 g/mol. The Morgan fingerprint density at radius 2 is 2.12 bits per heavy atom. The number of benzene rings is 1. The molecule has 0 bridgehead atoms. The van der Waals surface area contributed by atoms with Crippen LogP contribution >= 0.6 is 11.6 Å². The molecular weight excluding hydrogens is 234 g/mol. The Morgan fingerprint density at radius 3 is 2.88 bits per heavy atom. The number of hydrogen-bond donors (Lipinski definition) is 1. The maximum absolute atomic E-state index is 6.14. The van der Waals surface area contributed by atoms with Crippen molar-refractivity contribution in [3.8, 4) is 0 Å². The maximum atomic E-state index is 6.14. The van der Waals surface area contributed by atoms with Crippen molar-refractivity contribution in [3.05, 3.63) is 28.9 Å². The summed E-state index contributed by atoms with van der Waals surface area (Å²) in [5.41, 5.74) is 2.50. The number of nitrogens with one attached hydrogen (secondary N) is 1. The highest BCUT2D eigenvalue weighted by atomic mass is 35.5. The van der Waals surface area contributed by atoms with Crippen molar-refractivity contribution in [2.24, 2.45) is 7.05 Å². The van der Waals surface area contributed by atoms with E-state index in [9.17, 15) is 0 Å². The zero-order chi connectivity index (χ0) is 11.8. The van der Waals surface area contributed by atoms with Crippen molar-refractivity contribution in [1.29, 1.82) is 0 Å². The zero-order valence-corrected chi connectivity index (χ0v) is 10.7. The third-order valence-electron chi connectivity index (χ3n) is 3.64. The van der Waals surface area contributed by atoms with Crippen LogP contribution in [0.25, 0.3) is 10.9 Å². The second-order valence-corrected chi connectivity index (χ2v) is 5.07. The van der Waals surface area contributed by atoms with Crippen LogP contribution in [0.5, 0.6) is 0 Å². The molecule has 0 amide bonds. The molecule has 2 aromatic rings. The Morgan fingerprint density at radius 1 is 1.35 bits per heavy atom. The third kappa shape index (κ3) is 1.94. The molecule has 0 saturated carbocycles. The summed E-state index contributed by atoms with van der Waals surface area (Å²) >= 11 is 6.14. The van der Waals surface area contributed by atoms with Crippen molar-refractivity contribution < 1.29 is 0 Å². The Balaban J connectivity index is 2.03. The fourth-order valence-electron chi connectivity index (χ4n) is 2.65. The van der Waals surface area contributed by atoms with Gasteiger partial charge in [-0.1, -0.05) is 17.7 Å². The first-order valence-corrected chi connectivity index (χ1v) is 6.46. The lowest BCUT2D eigenvalue weighted by atomic mass is 9.90. The van der Waals surface area contributed by atoms with E-state index in [0.717, 1.165) is 24.0 Å². The van der Waals surface area contributed by atoms with Gasteiger partial charge >= 0.3 is 0 Å². The summed E-state index contributed by atoms with van der Waals surface area (Å²) in [4.78, 5) is 0. The third-order valence-corrected chi connectivity index (χ3v) is 3.92. The molecule has 0 radical (unpaired) electrons. The molecule has 3 rings (SSSR count). The summed E-state index contributed by atoms with van der Waals surface area (Å²) < 4.78 is 1.84. The molecule has 1 aromatic heterocycles. The summed E-state index contributed by atoms with van der Waals surface area (Å²) in [6, 6.07) is 6.56. The molecule has 1 aliphatic rings. The largest absolute Gasteiger partial charge is 0.317 e. The lowest BCUT2D eigenvalue weighted by molar-refractivity contribution is 0.460. The fourth-order valence-corrected chi connectivity index (χ4v) is 2.91. The summed E-state index contributed by atoms with van der Waals surface area (Å²) in [7, 11) is 1.93. The van der Waals surface area contributed by atoms with Crippen LogP contribution in [0.3, 0.4) is 0 Å². The molecule has 0 atom stereocenters. The van der Waals surface area contributed by atoms with Gasteiger partial charge in [0.2, 0.25) is 0 Å². The zero-order valence-electron chi connectivity index (χ0n) is 9.91. The van der Waals surface area contributed by atoms with Crippen molar-refractivity contribution in [2.75, 3.05) is 13.1 Å². The number of hydrogen-bond acceptors (Lipinski definition) is 2. The molecule has 0 unspecified atom stereocenters. The van der Waals surface area contributed by atoms with E-state index >= 15 is 0 Å². The van der Waals surface area contributed by atoms with Crippen LogP contribution in [0.1, 0.15) is 24.3 Å². The van der Waals surface area contributed by atoms with Gasteiger partial charge in [0, 0.05) is 12.4 Å². The molecule has 1 aromatic carbocycles. The first kappa shape index (κ1) is 11.1. The summed E-state index contributed by atoms with van der Waals surface area (Å²) in [5, 5.41) is 9.32. The highest BCUT2D eigenvalue weighted by molar-refractivity contribution is 6.34. The van der Waals surface area contributed by atoms with Crippen LogP contribution in [0.2, 0.25) is 5.15 Å². The number of halogens is 1. The molecule has 1 fully saturated rings. The highest BCUT2D eigenvalue weighted by Crippen LogP contribution is 2.30. The van der Waals surface area contributed by atoms with Crippen molar-refractivity contribution in [3.63, 3.8) is 0 Å². The molecule has 0 aliphatic carbocycles. The van der Waals surface area contributed by atoms with Gasteiger partial charge in [0.25, 0.3) is 0 Å². The van der Waals surface area contributed by atoms with Gasteiger partial charge in [0.05, 0.1) is 5.52 Å². The number of aryl methyl sites for hydroxylation is 1. The maximum Gasteiger partial charge on any atom is 0.158 e. The minimum absolute atomic E-state index is 0.610. The standard InChI is InChI=1S/C13H16ClN3/c1-17-12-3-2-10(8-11(12)13(14)16-17)9-4-6-15-7-5-9/h2-3,8-9,15H,4-7H2,1H3. The van der Waals surface area contributed by atoms with Gasteiger partial charge in [-0.15, -0.1) is 0 Å². The number of rotatable bonds is 1. The molecule has 90 valence electrons. The SMILES string of the molecule is Cn1nc(Cl)c2cc(C3CCNCC3)ccc21. The Hall–Kier alpha value is -1.06. The minimum atomic E-state index is 0.610. The van der Waals surface area contributed by atoms with Crippen molar-refractivity contribution in [2.45, 2.75) is 18.8 Å². The van der Waals surface area contributed by atoms with Gasteiger partial charge in [-0.3, -0.25) is 4.68 Å². The normalized spacial score (nSPS) is 17.8. The van der Waals surface area contributed by atoms with Crippen LogP contribution in [0, 0.1) is 0 Å². The van der Waals surface area contributed by atoms with E-state index in [1.165, 1.54) is 18.4 Å². The first-order chi connectivity index (χ1) is 8.25. The molecule has 2 heterocycles. The average Bonchev–Trinajstić information content (AvgIpc) is 2.66. The molecule has 17 heavy (non-hydrogen) atoms. The molecular formula is C13H16ClN3. The van der Waals surface area contributed by atoms with Crippen molar-refractivity contribution >= 4 is 22.5 Å². The first-order valence-electron chi connectivity index (χ1n) is 6.08. The number of fused-ring (bicyclic) bond motifs is 1. The quantitative estimate of drug-likeness (QED) is 0.842. The highest BCUT2D eigenvalue weighted by Gasteiger charge is 2.16.